The number of hydrogen-bond donors (Lipinski definition) is 2. The van der Waals surface area contributed by atoms with E-state index < -0.39 is 6.61 Å². The van der Waals surface area contributed by atoms with Crippen LogP contribution in [0.25, 0.3) is 0 Å². The summed E-state index contributed by atoms with van der Waals surface area (Å²) >= 11 is 0. The molecule has 1 aromatic carbocycles. The third-order valence-corrected chi connectivity index (χ3v) is 4.99. The Balaban J connectivity index is 1.22. The molecule has 0 aliphatic carbocycles. The van der Waals surface area contributed by atoms with E-state index in [1.165, 1.54) is 12.1 Å². The second-order valence-electron chi connectivity index (χ2n) is 7.19. The molecule has 2 aromatic rings. The van der Waals surface area contributed by atoms with E-state index in [4.69, 9.17) is 0 Å². The van der Waals surface area contributed by atoms with Crippen molar-refractivity contribution < 1.29 is 18.3 Å². The summed E-state index contributed by atoms with van der Waals surface area (Å²) in [5.74, 6) is 0.900. The number of nitrogens with zero attached hydrogens (tertiary/aromatic N) is 4. The van der Waals surface area contributed by atoms with Crippen molar-refractivity contribution in [3.05, 3.63) is 48.3 Å². The van der Waals surface area contributed by atoms with Gasteiger partial charge >= 0.3 is 12.6 Å². The van der Waals surface area contributed by atoms with Gasteiger partial charge in [-0.15, -0.1) is 0 Å². The van der Waals surface area contributed by atoms with Crippen LogP contribution < -0.4 is 20.3 Å². The lowest BCUT2D eigenvalue weighted by Gasteiger charge is -2.34. The van der Waals surface area contributed by atoms with Crippen molar-refractivity contribution in [1.29, 1.82) is 0 Å². The number of aromatic nitrogens is 2. The molecule has 0 spiro atoms. The predicted molar refractivity (Wildman–Crippen MR) is 113 cm³/mol. The molecule has 1 aliphatic heterocycles. The number of carbonyl (C=O) groups excluding carboxylic acids is 1. The Morgan fingerprint density at radius 2 is 1.71 bits per heavy atom. The highest BCUT2D eigenvalue weighted by atomic mass is 19.3. The van der Waals surface area contributed by atoms with Gasteiger partial charge in [-0.3, -0.25) is 4.90 Å². The van der Waals surface area contributed by atoms with E-state index >= 15 is 0 Å². The Morgan fingerprint density at radius 1 is 1.03 bits per heavy atom. The van der Waals surface area contributed by atoms with Gasteiger partial charge in [-0.2, -0.15) is 8.78 Å². The van der Waals surface area contributed by atoms with Crippen LogP contribution in [0.15, 0.2) is 42.7 Å². The monoisotopic (exact) mass is 434 g/mol. The first-order chi connectivity index (χ1) is 15.1. The summed E-state index contributed by atoms with van der Waals surface area (Å²) in [5, 5.41) is 5.67. The van der Waals surface area contributed by atoms with E-state index in [1.807, 2.05) is 6.07 Å². The smallest absolute Gasteiger partial charge is 0.387 e. The Morgan fingerprint density at radius 3 is 2.39 bits per heavy atom. The number of piperazine rings is 1. The maximum atomic E-state index is 12.1. The number of benzene rings is 1. The Labute approximate surface area is 180 Å². The van der Waals surface area contributed by atoms with Crippen molar-refractivity contribution in [3.63, 3.8) is 0 Å². The quantitative estimate of drug-likeness (QED) is 0.558. The van der Waals surface area contributed by atoms with Crippen molar-refractivity contribution in [3.8, 4) is 5.75 Å². The summed E-state index contributed by atoms with van der Waals surface area (Å²) in [6.45, 7) is 2.86. The standard InChI is InChI=1S/C21H28F2N6O2/c22-19(23)31-18-5-3-17(4-6-18)7-11-27-21(30)26-10-2-12-28-13-15-29(16-14-28)20-24-8-1-9-25-20/h1,3-6,8-9,19H,2,7,10-16H2,(H2,26,27,30). The minimum Gasteiger partial charge on any atom is -0.435 e. The third kappa shape index (κ3) is 7.97. The molecular formula is C21H28F2N6O2. The zero-order valence-corrected chi connectivity index (χ0v) is 17.3. The van der Waals surface area contributed by atoms with Crippen LogP contribution >= 0.6 is 0 Å². The maximum absolute atomic E-state index is 12.1. The van der Waals surface area contributed by atoms with E-state index in [1.54, 1.807) is 24.5 Å². The zero-order chi connectivity index (χ0) is 21.9. The van der Waals surface area contributed by atoms with Gasteiger partial charge in [-0.05, 0) is 43.1 Å². The number of anilines is 1. The molecule has 0 radical (unpaired) electrons. The van der Waals surface area contributed by atoms with Gasteiger partial charge < -0.3 is 20.3 Å². The van der Waals surface area contributed by atoms with E-state index in [2.05, 4.69) is 35.1 Å². The van der Waals surface area contributed by atoms with Crippen LogP contribution in [0.2, 0.25) is 0 Å². The average molecular weight is 434 g/mol. The number of amides is 2. The van der Waals surface area contributed by atoms with Gasteiger partial charge in [0.1, 0.15) is 5.75 Å². The fraction of sp³-hybridized carbons (Fsp3) is 0.476. The molecule has 1 saturated heterocycles. The molecule has 31 heavy (non-hydrogen) atoms. The normalized spacial score (nSPS) is 14.5. The highest BCUT2D eigenvalue weighted by Gasteiger charge is 2.18. The highest BCUT2D eigenvalue weighted by Crippen LogP contribution is 2.15. The SMILES string of the molecule is O=C(NCCCN1CCN(c2ncccn2)CC1)NCCc1ccc(OC(F)F)cc1. The molecule has 0 saturated carbocycles. The van der Waals surface area contributed by atoms with Gasteiger partial charge in [0.2, 0.25) is 5.95 Å². The van der Waals surface area contributed by atoms with Gasteiger partial charge in [0.25, 0.3) is 0 Å². The Kier molecular flexibility index (Phi) is 8.77. The number of nitrogens with one attached hydrogen (secondary N) is 2. The second kappa shape index (κ2) is 12.0. The number of rotatable bonds is 10. The van der Waals surface area contributed by atoms with E-state index in [-0.39, 0.29) is 11.8 Å². The maximum Gasteiger partial charge on any atom is 0.387 e. The average Bonchev–Trinajstić information content (AvgIpc) is 2.78. The van der Waals surface area contributed by atoms with Crippen molar-refractivity contribution >= 4 is 12.0 Å². The number of ether oxygens (including phenoxy) is 1. The zero-order valence-electron chi connectivity index (χ0n) is 17.3. The predicted octanol–water partition coefficient (Wildman–Crippen LogP) is 2.13. The molecule has 168 valence electrons. The summed E-state index contributed by atoms with van der Waals surface area (Å²) in [6.07, 6.45) is 5.00. The Hall–Kier alpha value is -3.01. The van der Waals surface area contributed by atoms with Crippen LogP contribution in [0.3, 0.4) is 0 Å². The molecule has 0 atom stereocenters. The lowest BCUT2D eigenvalue weighted by Crippen LogP contribution is -2.47. The number of halogens is 2. The fourth-order valence-corrected chi connectivity index (χ4v) is 3.35. The van der Waals surface area contributed by atoms with Crippen molar-refractivity contribution in [2.75, 3.05) is 50.7 Å². The highest BCUT2D eigenvalue weighted by molar-refractivity contribution is 5.73. The molecule has 8 nitrogen and oxygen atoms in total. The van der Waals surface area contributed by atoms with Gasteiger partial charge in [0, 0.05) is 51.7 Å². The van der Waals surface area contributed by atoms with Crippen LogP contribution in [0.1, 0.15) is 12.0 Å². The van der Waals surface area contributed by atoms with Crippen LogP contribution in [0, 0.1) is 0 Å². The Bertz CT molecular complexity index is 786. The minimum atomic E-state index is -2.83. The number of alkyl halides is 2. The first-order valence-electron chi connectivity index (χ1n) is 10.4. The van der Waals surface area contributed by atoms with Crippen molar-refractivity contribution in [2.45, 2.75) is 19.5 Å². The van der Waals surface area contributed by atoms with Crippen LogP contribution in [-0.2, 0) is 6.42 Å². The van der Waals surface area contributed by atoms with Crippen LogP contribution in [0.5, 0.6) is 5.75 Å². The molecule has 3 rings (SSSR count). The molecule has 10 heteroatoms. The summed E-state index contributed by atoms with van der Waals surface area (Å²) in [5.41, 5.74) is 0.932. The van der Waals surface area contributed by atoms with Gasteiger partial charge in [0.05, 0.1) is 0 Å². The number of carbonyl (C=O) groups is 1. The molecule has 1 aromatic heterocycles. The second-order valence-corrected chi connectivity index (χ2v) is 7.19. The summed E-state index contributed by atoms with van der Waals surface area (Å²) in [7, 11) is 0. The molecule has 2 N–H and O–H groups in total. The summed E-state index contributed by atoms with van der Waals surface area (Å²) < 4.78 is 28.6. The lowest BCUT2D eigenvalue weighted by atomic mass is 10.1. The largest absolute Gasteiger partial charge is 0.435 e. The minimum absolute atomic E-state index is 0.124. The molecule has 2 heterocycles. The number of hydrogen-bond acceptors (Lipinski definition) is 6. The van der Waals surface area contributed by atoms with E-state index in [0.29, 0.717) is 19.5 Å². The molecular weight excluding hydrogens is 406 g/mol. The van der Waals surface area contributed by atoms with E-state index in [9.17, 15) is 13.6 Å². The first kappa shape index (κ1) is 22.7. The van der Waals surface area contributed by atoms with E-state index in [0.717, 1.165) is 50.7 Å². The molecule has 1 fully saturated rings. The van der Waals surface area contributed by atoms with Gasteiger partial charge in [-0.1, -0.05) is 12.1 Å². The van der Waals surface area contributed by atoms with Crippen LogP contribution in [-0.4, -0.2) is 73.3 Å². The topological polar surface area (TPSA) is 82.6 Å². The van der Waals surface area contributed by atoms with Gasteiger partial charge in [0.15, 0.2) is 0 Å². The summed E-state index contributed by atoms with van der Waals surface area (Å²) in [4.78, 5) is 25.0. The van der Waals surface area contributed by atoms with Crippen LogP contribution in [0.4, 0.5) is 19.5 Å². The molecule has 0 unspecified atom stereocenters. The summed E-state index contributed by atoms with van der Waals surface area (Å²) in [6, 6.07) is 8.02. The molecule has 2 amide bonds. The molecule has 0 bridgehead atoms. The molecule has 1 aliphatic rings. The number of urea groups is 1. The first-order valence-corrected chi connectivity index (χ1v) is 10.4. The fourth-order valence-electron chi connectivity index (χ4n) is 3.35. The van der Waals surface area contributed by atoms with Gasteiger partial charge in [-0.25, -0.2) is 14.8 Å². The van der Waals surface area contributed by atoms with Crippen molar-refractivity contribution in [1.82, 2.24) is 25.5 Å². The van der Waals surface area contributed by atoms with Crippen molar-refractivity contribution in [2.24, 2.45) is 0 Å². The lowest BCUT2D eigenvalue weighted by molar-refractivity contribution is -0.0498. The third-order valence-electron chi connectivity index (χ3n) is 4.99.